The molecule has 37 heavy (non-hydrogen) atoms. The van der Waals surface area contributed by atoms with Gasteiger partial charge in [0.25, 0.3) is 5.91 Å². The summed E-state index contributed by atoms with van der Waals surface area (Å²) in [6.45, 7) is 3.72. The summed E-state index contributed by atoms with van der Waals surface area (Å²) in [5, 5.41) is 0. The van der Waals surface area contributed by atoms with Crippen molar-refractivity contribution < 1.29 is 9.53 Å². The Morgan fingerprint density at radius 2 is 1.24 bits per heavy atom. The van der Waals surface area contributed by atoms with E-state index in [1.807, 2.05) is 47.4 Å². The van der Waals surface area contributed by atoms with Crippen LogP contribution in [0.2, 0.25) is 0 Å². The first kappa shape index (κ1) is 25.1. The van der Waals surface area contributed by atoms with E-state index in [-0.39, 0.29) is 11.9 Å². The standard InChI is InChI=1S/C32H32N2O2S/c35-32(28-16-18-29(19-17-28)36-24-25-37-30-14-8-3-9-15-30)34-22-20-33(21-23-34)31(26-10-4-1-5-11-26)27-12-6-2-7-13-27/h1-19,31H,20-25H2. The van der Waals surface area contributed by atoms with Gasteiger partial charge >= 0.3 is 0 Å². The molecule has 1 amide bonds. The quantitative estimate of drug-likeness (QED) is 0.193. The van der Waals surface area contributed by atoms with E-state index in [4.69, 9.17) is 4.74 Å². The molecule has 1 heterocycles. The average molecular weight is 509 g/mol. The third-order valence-electron chi connectivity index (χ3n) is 6.66. The molecular formula is C32H32N2O2S. The van der Waals surface area contributed by atoms with Crippen molar-refractivity contribution in [3.8, 4) is 5.75 Å². The number of piperazine rings is 1. The number of hydrogen-bond acceptors (Lipinski definition) is 4. The second-order valence-electron chi connectivity index (χ2n) is 9.09. The second kappa shape index (κ2) is 12.6. The third kappa shape index (κ3) is 6.62. The van der Waals surface area contributed by atoms with Crippen molar-refractivity contribution >= 4 is 17.7 Å². The Bertz CT molecular complexity index is 1200. The molecule has 0 saturated carbocycles. The lowest BCUT2D eigenvalue weighted by Crippen LogP contribution is -2.49. The fourth-order valence-electron chi connectivity index (χ4n) is 4.78. The summed E-state index contributed by atoms with van der Waals surface area (Å²) >= 11 is 1.78. The maximum absolute atomic E-state index is 13.2. The van der Waals surface area contributed by atoms with E-state index >= 15 is 0 Å². The van der Waals surface area contributed by atoms with Gasteiger partial charge in [0.05, 0.1) is 12.6 Å². The van der Waals surface area contributed by atoms with E-state index in [1.54, 1.807) is 11.8 Å². The van der Waals surface area contributed by atoms with Gasteiger partial charge in [-0.05, 0) is 47.5 Å². The van der Waals surface area contributed by atoms with E-state index in [0.29, 0.717) is 25.3 Å². The van der Waals surface area contributed by atoms with Crippen LogP contribution < -0.4 is 4.74 Å². The van der Waals surface area contributed by atoms with Crippen molar-refractivity contribution in [3.63, 3.8) is 0 Å². The summed E-state index contributed by atoms with van der Waals surface area (Å²) in [5.41, 5.74) is 3.28. The van der Waals surface area contributed by atoms with Gasteiger partial charge in [0.1, 0.15) is 5.75 Å². The Morgan fingerprint density at radius 1 is 0.703 bits per heavy atom. The van der Waals surface area contributed by atoms with Gasteiger partial charge in [0.2, 0.25) is 0 Å². The molecule has 1 fully saturated rings. The monoisotopic (exact) mass is 508 g/mol. The average Bonchev–Trinajstić information content (AvgIpc) is 2.97. The first-order valence-electron chi connectivity index (χ1n) is 12.8. The van der Waals surface area contributed by atoms with Crippen LogP contribution in [0.3, 0.4) is 0 Å². The van der Waals surface area contributed by atoms with Crippen LogP contribution >= 0.6 is 11.8 Å². The first-order valence-corrected chi connectivity index (χ1v) is 13.8. The highest BCUT2D eigenvalue weighted by Gasteiger charge is 2.28. The molecule has 0 radical (unpaired) electrons. The maximum atomic E-state index is 13.2. The Hall–Kier alpha value is -3.54. The number of thioether (sulfide) groups is 1. The zero-order valence-electron chi connectivity index (χ0n) is 20.9. The van der Waals surface area contributed by atoms with Gasteiger partial charge in [-0.2, -0.15) is 0 Å². The van der Waals surface area contributed by atoms with Crippen LogP contribution in [-0.4, -0.2) is 54.2 Å². The molecule has 1 aliphatic rings. The number of ether oxygens (including phenoxy) is 1. The largest absolute Gasteiger partial charge is 0.493 e. The molecule has 0 spiro atoms. The SMILES string of the molecule is O=C(c1ccc(OCCSc2ccccc2)cc1)N1CCN(C(c2ccccc2)c2ccccc2)CC1. The van der Waals surface area contributed by atoms with Crippen molar-refractivity contribution in [1.29, 1.82) is 0 Å². The summed E-state index contributed by atoms with van der Waals surface area (Å²) in [4.78, 5) is 18.9. The van der Waals surface area contributed by atoms with Gasteiger partial charge < -0.3 is 9.64 Å². The molecule has 4 nitrogen and oxygen atoms in total. The van der Waals surface area contributed by atoms with E-state index in [9.17, 15) is 4.79 Å². The van der Waals surface area contributed by atoms with Crippen molar-refractivity contribution in [3.05, 3.63) is 132 Å². The smallest absolute Gasteiger partial charge is 0.253 e. The molecule has 0 N–H and O–H groups in total. The zero-order chi connectivity index (χ0) is 25.3. The first-order chi connectivity index (χ1) is 18.3. The maximum Gasteiger partial charge on any atom is 0.253 e. The summed E-state index contributed by atoms with van der Waals surface area (Å²) in [7, 11) is 0. The molecule has 0 bridgehead atoms. The number of carbonyl (C=O) groups excluding carboxylic acids is 1. The lowest BCUT2D eigenvalue weighted by Gasteiger charge is -2.39. The van der Waals surface area contributed by atoms with Crippen LogP contribution in [0.25, 0.3) is 0 Å². The van der Waals surface area contributed by atoms with Gasteiger partial charge in [0, 0.05) is 42.4 Å². The van der Waals surface area contributed by atoms with Crippen LogP contribution in [0.1, 0.15) is 27.5 Å². The Kier molecular flexibility index (Phi) is 8.57. The van der Waals surface area contributed by atoms with E-state index in [0.717, 1.165) is 24.6 Å². The summed E-state index contributed by atoms with van der Waals surface area (Å²) in [5.74, 6) is 1.76. The van der Waals surface area contributed by atoms with Crippen LogP contribution in [0.15, 0.2) is 120 Å². The summed E-state index contributed by atoms with van der Waals surface area (Å²) < 4.78 is 5.88. The van der Waals surface area contributed by atoms with Crippen molar-refractivity contribution in [2.75, 3.05) is 38.5 Å². The second-order valence-corrected chi connectivity index (χ2v) is 10.3. The third-order valence-corrected chi connectivity index (χ3v) is 7.64. The molecule has 0 atom stereocenters. The minimum Gasteiger partial charge on any atom is -0.493 e. The number of benzene rings is 4. The van der Waals surface area contributed by atoms with Gasteiger partial charge in [0.15, 0.2) is 0 Å². The Balaban J connectivity index is 1.15. The topological polar surface area (TPSA) is 32.8 Å². The summed E-state index contributed by atoms with van der Waals surface area (Å²) in [6, 6.07) is 39.4. The van der Waals surface area contributed by atoms with E-state index in [2.05, 4.69) is 77.7 Å². The van der Waals surface area contributed by atoms with Crippen molar-refractivity contribution in [2.24, 2.45) is 0 Å². The molecule has 4 aromatic rings. The van der Waals surface area contributed by atoms with Crippen LogP contribution in [0, 0.1) is 0 Å². The molecule has 1 aliphatic heterocycles. The molecule has 5 rings (SSSR count). The minimum absolute atomic E-state index is 0.0850. The van der Waals surface area contributed by atoms with E-state index in [1.165, 1.54) is 16.0 Å². The van der Waals surface area contributed by atoms with Crippen molar-refractivity contribution in [2.45, 2.75) is 10.9 Å². The molecule has 1 saturated heterocycles. The number of nitrogens with zero attached hydrogens (tertiary/aromatic N) is 2. The van der Waals surface area contributed by atoms with Gasteiger partial charge in [-0.25, -0.2) is 0 Å². The Labute approximate surface area is 223 Å². The molecule has 5 heteroatoms. The molecule has 0 aliphatic carbocycles. The number of rotatable bonds is 9. The highest BCUT2D eigenvalue weighted by molar-refractivity contribution is 7.99. The molecular weight excluding hydrogens is 476 g/mol. The van der Waals surface area contributed by atoms with Crippen LogP contribution in [0.5, 0.6) is 5.75 Å². The highest BCUT2D eigenvalue weighted by Crippen LogP contribution is 2.29. The van der Waals surface area contributed by atoms with Crippen LogP contribution in [-0.2, 0) is 0 Å². The van der Waals surface area contributed by atoms with Crippen molar-refractivity contribution in [1.82, 2.24) is 9.80 Å². The number of hydrogen-bond donors (Lipinski definition) is 0. The highest BCUT2D eigenvalue weighted by atomic mass is 32.2. The lowest BCUT2D eigenvalue weighted by atomic mass is 9.96. The zero-order valence-corrected chi connectivity index (χ0v) is 21.7. The van der Waals surface area contributed by atoms with E-state index < -0.39 is 0 Å². The number of amides is 1. The summed E-state index contributed by atoms with van der Waals surface area (Å²) in [6.07, 6.45) is 0. The fraction of sp³-hybridized carbons (Fsp3) is 0.219. The fourth-order valence-corrected chi connectivity index (χ4v) is 5.53. The molecule has 188 valence electrons. The number of carbonyl (C=O) groups is 1. The van der Waals surface area contributed by atoms with Crippen LogP contribution in [0.4, 0.5) is 0 Å². The normalized spacial score (nSPS) is 14.0. The molecule has 0 aromatic heterocycles. The Morgan fingerprint density at radius 3 is 1.81 bits per heavy atom. The van der Waals surface area contributed by atoms with Gasteiger partial charge in [-0.3, -0.25) is 9.69 Å². The predicted molar refractivity (Wildman–Crippen MR) is 151 cm³/mol. The predicted octanol–water partition coefficient (Wildman–Crippen LogP) is 6.41. The minimum atomic E-state index is 0.0850. The van der Waals surface area contributed by atoms with Gasteiger partial charge in [-0.15, -0.1) is 11.8 Å². The lowest BCUT2D eigenvalue weighted by molar-refractivity contribution is 0.0597. The molecule has 0 unspecified atom stereocenters. The molecule has 4 aromatic carbocycles. The van der Waals surface area contributed by atoms with Gasteiger partial charge in [-0.1, -0.05) is 78.9 Å².